The van der Waals surface area contributed by atoms with Crippen molar-refractivity contribution < 1.29 is 4.79 Å². The molecule has 0 aliphatic heterocycles. The number of rotatable bonds is 3. The van der Waals surface area contributed by atoms with Gasteiger partial charge >= 0.3 is 0 Å². The van der Waals surface area contributed by atoms with E-state index in [4.69, 9.17) is 0 Å². The van der Waals surface area contributed by atoms with Crippen LogP contribution in [-0.4, -0.2) is 11.9 Å². The monoisotopic (exact) mass is 321 g/mol. The smallest absolute Gasteiger partial charge is 0.252 e. The third kappa shape index (κ3) is 2.58. The minimum absolute atomic E-state index is 0.0442. The van der Waals surface area contributed by atoms with Crippen LogP contribution in [0.4, 0.5) is 0 Å². The van der Waals surface area contributed by atoms with E-state index in [0.717, 1.165) is 21.9 Å². The first-order valence-electron chi connectivity index (χ1n) is 7.20. The molecule has 2 aliphatic rings. The zero-order valence-corrected chi connectivity index (χ0v) is 12.8. The van der Waals surface area contributed by atoms with Crippen molar-refractivity contribution >= 4 is 21.8 Å². The van der Waals surface area contributed by atoms with Crippen LogP contribution in [0.15, 0.2) is 28.7 Å². The Morgan fingerprint density at radius 2 is 2.11 bits per heavy atom. The predicted molar refractivity (Wildman–Crippen MR) is 80.0 cm³/mol. The molecule has 1 N–H and O–H groups in total. The molecule has 1 amide bonds. The summed E-state index contributed by atoms with van der Waals surface area (Å²) < 4.78 is 0.868. The van der Waals surface area contributed by atoms with Crippen molar-refractivity contribution in [1.82, 2.24) is 5.32 Å². The molecule has 1 aromatic carbocycles. The van der Waals surface area contributed by atoms with Gasteiger partial charge in [0, 0.05) is 10.5 Å². The molecule has 2 fully saturated rings. The normalized spacial score (nSPS) is 30.3. The summed E-state index contributed by atoms with van der Waals surface area (Å²) in [5.41, 5.74) is 0.734. The lowest BCUT2D eigenvalue weighted by atomic mass is 9.84. The molecule has 0 heterocycles. The third-order valence-corrected chi connectivity index (χ3v) is 5.60. The highest BCUT2D eigenvalue weighted by Gasteiger charge is 2.42. The molecule has 3 rings (SSSR count). The summed E-state index contributed by atoms with van der Waals surface area (Å²) in [6.45, 7) is 2.17. The second-order valence-corrected chi connectivity index (χ2v) is 6.94. The maximum Gasteiger partial charge on any atom is 0.252 e. The highest BCUT2D eigenvalue weighted by Crippen LogP contribution is 2.49. The van der Waals surface area contributed by atoms with Gasteiger partial charge in [0.15, 0.2) is 0 Å². The van der Waals surface area contributed by atoms with Gasteiger partial charge in [-0.05, 0) is 72.0 Å². The molecular formula is C16H20BrNO. The quantitative estimate of drug-likeness (QED) is 0.895. The average molecular weight is 322 g/mol. The van der Waals surface area contributed by atoms with Crippen LogP contribution < -0.4 is 5.32 Å². The van der Waals surface area contributed by atoms with Gasteiger partial charge in [0.05, 0.1) is 5.56 Å². The molecule has 0 spiro atoms. The fourth-order valence-electron chi connectivity index (χ4n) is 3.94. The third-order valence-electron chi connectivity index (χ3n) is 4.91. The van der Waals surface area contributed by atoms with Crippen molar-refractivity contribution in [3.05, 3.63) is 34.3 Å². The molecule has 19 heavy (non-hydrogen) atoms. The Hall–Kier alpha value is -0.830. The zero-order chi connectivity index (χ0) is 13.4. The van der Waals surface area contributed by atoms with Gasteiger partial charge in [-0.2, -0.15) is 0 Å². The summed E-state index contributed by atoms with van der Waals surface area (Å²) >= 11 is 3.44. The predicted octanol–water partition coefficient (Wildman–Crippen LogP) is 4.00. The standard InChI is InChI=1S/C16H20BrNO/c1-10(14-9-11-6-7-12(14)8-11)18-16(19)13-4-2-3-5-15(13)17/h2-5,10-12,14H,6-9H2,1H3,(H,18,19)/t10-,11+,12-,14+/m0/s1. The highest BCUT2D eigenvalue weighted by atomic mass is 79.9. The average Bonchev–Trinajstić information content (AvgIpc) is 3.01. The molecule has 3 heteroatoms. The van der Waals surface area contributed by atoms with E-state index < -0.39 is 0 Å². The number of nitrogens with one attached hydrogen (secondary N) is 1. The van der Waals surface area contributed by atoms with E-state index >= 15 is 0 Å². The molecule has 102 valence electrons. The second kappa shape index (κ2) is 5.28. The van der Waals surface area contributed by atoms with Crippen molar-refractivity contribution in [3.63, 3.8) is 0 Å². The van der Waals surface area contributed by atoms with Crippen molar-refractivity contribution in [3.8, 4) is 0 Å². The number of carbonyl (C=O) groups excluding carboxylic acids is 1. The number of hydrogen-bond donors (Lipinski definition) is 1. The summed E-state index contributed by atoms with van der Waals surface area (Å²) in [6, 6.07) is 7.90. The molecule has 0 unspecified atom stereocenters. The SMILES string of the molecule is C[C@H](NC(=O)c1ccccc1Br)[C@H]1C[C@@H]2CC[C@H]1C2. The van der Waals surface area contributed by atoms with Gasteiger partial charge in [-0.1, -0.05) is 18.6 Å². The summed E-state index contributed by atoms with van der Waals surface area (Å²) in [5, 5.41) is 3.19. The zero-order valence-electron chi connectivity index (χ0n) is 11.2. The number of carbonyl (C=O) groups is 1. The minimum Gasteiger partial charge on any atom is -0.349 e. The van der Waals surface area contributed by atoms with E-state index in [1.807, 2.05) is 24.3 Å². The number of benzene rings is 1. The lowest BCUT2D eigenvalue weighted by molar-refractivity contribution is 0.0914. The molecule has 2 nitrogen and oxygen atoms in total. The van der Waals surface area contributed by atoms with E-state index in [1.165, 1.54) is 25.7 Å². The van der Waals surface area contributed by atoms with Crippen molar-refractivity contribution in [2.24, 2.45) is 17.8 Å². The lowest BCUT2D eigenvalue weighted by Crippen LogP contribution is -2.40. The van der Waals surface area contributed by atoms with Gasteiger partial charge in [0.2, 0.25) is 0 Å². The Morgan fingerprint density at radius 3 is 2.74 bits per heavy atom. The number of fused-ring (bicyclic) bond motifs is 2. The Kier molecular flexibility index (Phi) is 3.66. The van der Waals surface area contributed by atoms with Gasteiger partial charge in [0.1, 0.15) is 0 Å². The van der Waals surface area contributed by atoms with E-state index in [9.17, 15) is 4.79 Å². The fourth-order valence-corrected chi connectivity index (χ4v) is 4.41. The van der Waals surface area contributed by atoms with E-state index in [1.54, 1.807) is 0 Å². The van der Waals surface area contributed by atoms with Gasteiger partial charge < -0.3 is 5.32 Å². The van der Waals surface area contributed by atoms with Crippen LogP contribution >= 0.6 is 15.9 Å². The molecule has 2 aliphatic carbocycles. The Labute approximate surface area is 123 Å². The molecule has 0 aromatic heterocycles. The summed E-state index contributed by atoms with van der Waals surface area (Å²) in [6.07, 6.45) is 5.47. The van der Waals surface area contributed by atoms with Crippen molar-refractivity contribution in [2.45, 2.75) is 38.6 Å². The van der Waals surface area contributed by atoms with Crippen LogP contribution in [0.5, 0.6) is 0 Å². The maximum atomic E-state index is 12.3. The number of hydrogen-bond acceptors (Lipinski definition) is 1. The van der Waals surface area contributed by atoms with Crippen LogP contribution in [0.3, 0.4) is 0 Å². The Morgan fingerprint density at radius 1 is 1.32 bits per heavy atom. The Bertz CT molecular complexity index is 487. The number of halogens is 1. The molecule has 4 atom stereocenters. The second-order valence-electron chi connectivity index (χ2n) is 6.08. The molecule has 2 bridgehead atoms. The van der Waals surface area contributed by atoms with Gasteiger partial charge in [-0.25, -0.2) is 0 Å². The van der Waals surface area contributed by atoms with Crippen molar-refractivity contribution in [2.75, 3.05) is 0 Å². The minimum atomic E-state index is 0.0442. The Balaban J connectivity index is 1.65. The van der Waals surface area contributed by atoms with Crippen LogP contribution in [0.2, 0.25) is 0 Å². The first-order chi connectivity index (χ1) is 9.15. The van der Waals surface area contributed by atoms with Gasteiger partial charge in [0.25, 0.3) is 5.91 Å². The van der Waals surface area contributed by atoms with Crippen LogP contribution in [0, 0.1) is 17.8 Å². The van der Waals surface area contributed by atoms with Crippen LogP contribution in [-0.2, 0) is 0 Å². The topological polar surface area (TPSA) is 29.1 Å². The molecule has 1 aromatic rings. The van der Waals surface area contributed by atoms with E-state index in [0.29, 0.717) is 5.92 Å². The number of amides is 1. The first-order valence-corrected chi connectivity index (χ1v) is 8.00. The highest BCUT2D eigenvalue weighted by molar-refractivity contribution is 9.10. The molecular weight excluding hydrogens is 302 g/mol. The summed E-state index contributed by atoms with van der Waals surface area (Å²) in [5.74, 6) is 2.50. The van der Waals surface area contributed by atoms with Gasteiger partial charge in [-0.3, -0.25) is 4.79 Å². The lowest BCUT2D eigenvalue weighted by Gasteiger charge is -2.28. The largest absolute Gasteiger partial charge is 0.349 e. The maximum absolute atomic E-state index is 12.3. The van der Waals surface area contributed by atoms with E-state index in [-0.39, 0.29) is 11.9 Å². The molecule has 0 saturated heterocycles. The summed E-state index contributed by atoms with van der Waals surface area (Å²) in [4.78, 5) is 12.3. The first kappa shape index (κ1) is 13.2. The van der Waals surface area contributed by atoms with Gasteiger partial charge in [-0.15, -0.1) is 0 Å². The van der Waals surface area contributed by atoms with Crippen molar-refractivity contribution in [1.29, 1.82) is 0 Å². The van der Waals surface area contributed by atoms with E-state index in [2.05, 4.69) is 28.2 Å². The summed E-state index contributed by atoms with van der Waals surface area (Å²) in [7, 11) is 0. The fraction of sp³-hybridized carbons (Fsp3) is 0.562. The molecule has 0 radical (unpaired) electrons. The molecule has 2 saturated carbocycles. The van der Waals surface area contributed by atoms with Crippen LogP contribution in [0.25, 0.3) is 0 Å². The van der Waals surface area contributed by atoms with Crippen LogP contribution in [0.1, 0.15) is 43.0 Å².